The number of carbonyl (C=O) groups is 1. The van der Waals surface area contributed by atoms with Crippen LogP contribution in [0.15, 0.2) is 0 Å². The highest BCUT2D eigenvalue weighted by molar-refractivity contribution is 8.14. The molecule has 0 N–H and O–H groups in total. The van der Waals surface area contributed by atoms with Gasteiger partial charge in [-0.15, -0.1) is 0 Å². The second-order valence-electron chi connectivity index (χ2n) is 6.03. The zero-order valence-corrected chi connectivity index (χ0v) is 14.2. The third-order valence-corrected chi connectivity index (χ3v) is 4.35. The van der Waals surface area contributed by atoms with Gasteiger partial charge in [0.2, 0.25) is 0 Å². The third-order valence-electron chi connectivity index (χ3n) is 2.34. The molecular weight excluding hydrogens is 248 g/mol. The van der Waals surface area contributed by atoms with E-state index in [4.69, 9.17) is 4.43 Å². The number of thioether (sulfide) groups is 1. The summed E-state index contributed by atoms with van der Waals surface area (Å²) in [6.45, 7) is 12.7. The molecule has 102 valence electrons. The lowest BCUT2D eigenvalue weighted by Gasteiger charge is -2.21. The fourth-order valence-corrected chi connectivity index (χ4v) is 3.90. The van der Waals surface area contributed by atoms with E-state index in [-0.39, 0.29) is 10.6 Å². The first-order valence-corrected chi connectivity index (χ1v) is 10.2. The molecule has 0 saturated heterocycles. The molecule has 0 aliphatic carbocycles. The Balaban J connectivity index is 3.87. The predicted octanol–water partition coefficient (Wildman–Crippen LogP) is 4.20. The molecule has 0 amide bonds. The van der Waals surface area contributed by atoms with Gasteiger partial charge in [-0.05, 0) is 31.4 Å². The van der Waals surface area contributed by atoms with Crippen LogP contribution in [0, 0.1) is 5.41 Å². The molecule has 1 unspecified atom stereocenters. The van der Waals surface area contributed by atoms with E-state index >= 15 is 0 Å². The molecule has 0 rings (SSSR count). The highest BCUT2D eigenvalue weighted by Crippen LogP contribution is 2.25. The number of unbranched alkanes of at least 4 members (excludes halogenated alkanes) is 1. The largest absolute Gasteiger partial charge is 0.408 e. The van der Waals surface area contributed by atoms with Crippen molar-refractivity contribution in [2.75, 3.05) is 0 Å². The zero-order valence-electron chi connectivity index (χ0n) is 12.2. The molecule has 0 aromatic rings. The first-order chi connectivity index (χ1) is 7.70. The zero-order chi connectivity index (χ0) is 13.5. The van der Waals surface area contributed by atoms with Crippen molar-refractivity contribution in [3.05, 3.63) is 0 Å². The quantitative estimate of drug-likeness (QED) is 0.396. The molecule has 0 bridgehead atoms. The van der Waals surface area contributed by atoms with Crippen LogP contribution >= 0.6 is 11.8 Å². The van der Waals surface area contributed by atoms with Crippen molar-refractivity contribution < 1.29 is 9.22 Å². The summed E-state index contributed by atoms with van der Waals surface area (Å²) in [7, 11) is -1.05. The van der Waals surface area contributed by atoms with Crippen molar-refractivity contribution in [3.8, 4) is 0 Å². The minimum Gasteiger partial charge on any atom is -0.408 e. The van der Waals surface area contributed by atoms with E-state index in [1.807, 2.05) is 0 Å². The van der Waals surface area contributed by atoms with Crippen LogP contribution in [-0.4, -0.2) is 19.6 Å². The van der Waals surface area contributed by atoms with Crippen LogP contribution in [0.25, 0.3) is 0 Å². The summed E-state index contributed by atoms with van der Waals surface area (Å²) in [6.07, 6.45) is 4.62. The Morgan fingerprint density at radius 2 is 1.88 bits per heavy atom. The van der Waals surface area contributed by atoms with Gasteiger partial charge in [0.15, 0.2) is 14.2 Å². The van der Waals surface area contributed by atoms with E-state index in [2.05, 4.69) is 33.9 Å². The van der Waals surface area contributed by atoms with Gasteiger partial charge in [0.25, 0.3) is 0 Å². The van der Waals surface area contributed by atoms with Crippen LogP contribution in [0.5, 0.6) is 0 Å². The maximum atomic E-state index is 11.1. The monoisotopic (exact) mass is 276 g/mol. The molecule has 0 spiro atoms. The van der Waals surface area contributed by atoms with E-state index < -0.39 is 9.04 Å². The lowest BCUT2D eigenvalue weighted by Crippen LogP contribution is -2.19. The molecule has 0 aromatic heterocycles. The van der Waals surface area contributed by atoms with Crippen molar-refractivity contribution in [1.29, 1.82) is 0 Å². The average molecular weight is 277 g/mol. The van der Waals surface area contributed by atoms with Crippen LogP contribution in [0.3, 0.4) is 0 Å². The lowest BCUT2D eigenvalue weighted by molar-refractivity contribution is -0.109. The highest BCUT2D eigenvalue weighted by atomic mass is 32.2. The fraction of sp³-hybridized carbons (Fsp3) is 0.923. The number of hydrogen-bond acceptors (Lipinski definition) is 3. The fourth-order valence-electron chi connectivity index (χ4n) is 1.61. The number of carbonyl (C=O) groups excluding carboxylic acids is 1. The Morgan fingerprint density at radius 1 is 1.29 bits per heavy atom. The SMILES string of the molecule is CC(=O)SC(CCCCC(C)(C)C)O[SiH](C)C. The molecule has 17 heavy (non-hydrogen) atoms. The van der Waals surface area contributed by atoms with Gasteiger partial charge in [0.1, 0.15) is 0 Å². The molecule has 2 nitrogen and oxygen atoms in total. The van der Waals surface area contributed by atoms with E-state index in [1.54, 1.807) is 6.92 Å². The third kappa shape index (κ3) is 12.4. The summed E-state index contributed by atoms with van der Waals surface area (Å²) < 4.78 is 5.87. The first kappa shape index (κ1) is 17.2. The van der Waals surface area contributed by atoms with Gasteiger partial charge in [-0.1, -0.05) is 45.4 Å². The molecule has 0 aliphatic rings. The van der Waals surface area contributed by atoms with Crippen LogP contribution in [0.1, 0.15) is 53.4 Å². The van der Waals surface area contributed by atoms with Gasteiger partial charge in [-0.3, -0.25) is 4.79 Å². The summed E-state index contributed by atoms with van der Waals surface area (Å²) in [5.74, 6) is 0. The Labute approximate surface area is 113 Å². The van der Waals surface area contributed by atoms with Gasteiger partial charge >= 0.3 is 0 Å². The smallest absolute Gasteiger partial charge is 0.188 e. The van der Waals surface area contributed by atoms with Gasteiger partial charge in [0, 0.05) is 6.92 Å². The highest BCUT2D eigenvalue weighted by Gasteiger charge is 2.15. The Morgan fingerprint density at radius 3 is 2.29 bits per heavy atom. The summed E-state index contributed by atoms with van der Waals surface area (Å²) in [4.78, 5) is 11.1. The van der Waals surface area contributed by atoms with Crippen molar-refractivity contribution in [3.63, 3.8) is 0 Å². The Hall–Kier alpha value is 0.197. The van der Waals surface area contributed by atoms with Crippen LogP contribution in [0.4, 0.5) is 0 Å². The molecule has 0 saturated carbocycles. The number of rotatable bonds is 7. The Kier molecular flexibility index (Phi) is 8.42. The minimum atomic E-state index is -1.05. The normalized spacial score (nSPS) is 14.1. The molecule has 0 radical (unpaired) electrons. The van der Waals surface area contributed by atoms with E-state index in [0.29, 0.717) is 5.41 Å². The van der Waals surface area contributed by atoms with Gasteiger partial charge < -0.3 is 4.43 Å². The summed E-state index contributed by atoms with van der Waals surface area (Å²) in [5.41, 5.74) is 0.510. The molecule has 0 fully saturated rings. The maximum absolute atomic E-state index is 11.1. The van der Waals surface area contributed by atoms with E-state index in [9.17, 15) is 4.79 Å². The van der Waals surface area contributed by atoms with Crippen molar-refractivity contribution in [1.82, 2.24) is 0 Å². The minimum absolute atomic E-state index is 0.0964. The predicted molar refractivity (Wildman–Crippen MR) is 79.9 cm³/mol. The van der Waals surface area contributed by atoms with Crippen molar-refractivity contribution in [2.45, 2.75) is 71.9 Å². The van der Waals surface area contributed by atoms with Crippen LogP contribution in [-0.2, 0) is 9.22 Å². The standard InChI is InChI=1S/C13H28O2SSi/c1-11(14)16-12(15-17(5)6)9-7-8-10-13(2,3)4/h12,17H,7-10H2,1-6H3. The van der Waals surface area contributed by atoms with Crippen LogP contribution in [0.2, 0.25) is 13.1 Å². The lowest BCUT2D eigenvalue weighted by atomic mass is 9.89. The molecule has 1 atom stereocenters. The van der Waals surface area contributed by atoms with Gasteiger partial charge in [0.05, 0.1) is 5.44 Å². The van der Waals surface area contributed by atoms with Gasteiger partial charge in [-0.25, -0.2) is 0 Å². The summed E-state index contributed by atoms with van der Waals surface area (Å²) in [6, 6.07) is 0. The second kappa shape index (κ2) is 8.33. The maximum Gasteiger partial charge on any atom is 0.188 e. The Bertz CT molecular complexity index is 224. The van der Waals surface area contributed by atoms with E-state index in [1.165, 1.54) is 24.6 Å². The number of hydrogen-bond donors (Lipinski definition) is 0. The van der Waals surface area contributed by atoms with E-state index in [0.717, 1.165) is 12.8 Å². The van der Waals surface area contributed by atoms with Crippen LogP contribution < -0.4 is 0 Å². The van der Waals surface area contributed by atoms with Gasteiger partial charge in [-0.2, -0.15) is 0 Å². The summed E-state index contributed by atoms with van der Waals surface area (Å²) >= 11 is 1.36. The molecule has 0 aliphatic heterocycles. The average Bonchev–Trinajstić information content (AvgIpc) is 2.08. The molecular formula is C13H28O2SSi. The summed E-state index contributed by atoms with van der Waals surface area (Å²) in [5, 5.41) is 0.167. The first-order valence-electron chi connectivity index (χ1n) is 6.53. The van der Waals surface area contributed by atoms with Crippen molar-refractivity contribution in [2.24, 2.45) is 5.41 Å². The second-order valence-corrected chi connectivity index (χ2v) is 9.74. The van der Waals surface area contributed by atoms with Crippen molar-refractivity contribution >= 4 is 25.9 Å². The molecule has 0 heterocycles. The molecule has 4 heteroatoms. The molecule has 0 aromatic carbocycles. The topological polar surface area (TPSA) is 26.3 Å².